The van der Waals surface area contributed by atoms with Crippen molar-refractivity contribution in [2.45, 2.75) is 51.5 Å². The van der Waals surface area contributed by atoms with Crippen molar-refractivity contribution in [3.05, 3.63) is 35.4 Å². The maximum absolute atomic E-state index is 11.4. The van der Waals surface area contributed by atoms with Crippen molar-refractivity contribution in [2.24, 2.45) is 0 Å². The zero-order chi connectivity index (χ0) is 15.5. The van der Waals surface area contributed by atoms with Crippen LogP contribution in [0.4, 0.5) is 0 Å². The minimum Gasteiger partial charge on any atom is -0.340 e. The second-order valence-corrected chi connectivity index (χ2v) is 6.96. The van der Waals surface area contributed by atoms with Gasteiger partial charge in [0.1, 0.15) is 0 Å². The minimum absolute atomic E-state index is 0.225. The summed E-state index contributed by atoms with van der Waals surface area (Å²) >= 11 is 0. The van der Waals surface area contributed by atoms with Crippen molar-refractivity contribution in [2.75, 3.05) is 26.2 Å². The van der Waals surface area contributed by atoms with Crippen molar-refractivity contribution in [3.63, 3.8) is 0 Å². The third-order valence-electron chi connectivity index (χ3n) is 5.52. The van der Waals surface area contributed by atoms with Gasteiger partial charge < -0.3 is 4.90 Å². The fourth-order valence-corrected chi connectivity index (χ4v) is 4.01. The van der Waals surface area contributed by atoms with E-state index in [0.29, 0.717) is 0 Å². The Morgan fingerprint density at radius 2 is 1.55 bits per heavy atom. The summed E-state index contributed by atoms with van der Waals surface area (Å²) in [6, 6.07) is 9.83. The van der Waals surface area contributed by atoms with Crippen LogP contribution in [0, 0.1) is 6.92 Å². The summed E-state index contributed by atoms with van der Waals surface area (Å²) in [4.78, 5) is 16.0. The molecule has 1 aliphatic heterocycles. The number of piperazine rings is 1. The van der Waals surface area contributed by atoms with Crippen molar-refractivity contribution in [1.29, 1.82) is 0 Å². The van der Waals surface area contributed by atoms with E-state index in [-0.39, 0.29) is 5.91 Å². The van der Waals surface area contributed by atoms with Gasteiger partial charge in [-0.15, -0.1) is 0 Å². The molecular weight excluding hydrogens is 272 g/mol. The molecule has 1 amide bonds. The summed E-state index contributed by atoms with van der Waals surface area (Å²) in [6.45, 7) is 7.77. The Kier molecular flexibility index (Phi) is 4.82. The first kappa shape index (κ1) is 15.5. The van der Waals surface area contributed by atoms with Crippen LogP contribution in [0.3, 0.4) is 0 Å². The molecular formula is C19H28N2O. The van der Waals surface area contributed by atoms with E-state index in [1.54, 1.807) is 6.92 Å². The highest BCUT2D eigenvalue weighted by atomic mass is 16.2. The van der Waals surface area contributed by atoms with E-state index in [2.05, 4.69) is 36.1 Å². The third kappa shape index (κ3) is 3.52. The first-order chi connectivity index (χ1) is 10.6. The van der Waals surface area contributed by atoms with Crippen molar-refractivity contribution in [3.8, 4) is 0 Å². The Hall–Kier alpha value is -1.35. The van der Waals surface area contributed by atoms with E-state index in [1.165, 1.54) is 36.8 Å². The molecule has 1 saturated carbocycles. The summed E-state index contributed by atoms with van der Waals surface area (Å²) < 4.78 is 0. The van der Waals surface area contributed by atoms with Gasteiger partial charge in [-0.1, -0.05) is 29.8 Å². The first-order valence-electron chi connectivity index (χ1n) is 8.69. The van der Waals surface area contributed by atoms with Crippen LogP contribution in [0.25, 0.3) is 0 Å². The first-order valence-corrected chi connectivity index (χ1v) is 8.69. The number of benzene rings is 1. The van der Waals surface area contributed by atoms with E-state index < -0.39 is 0 Å². The molecule has 1 aromatic carbocycles. The summed E-state index contributed by atoms with van der Waals surface area (Å²) in [7, 11) is 0. The summed E-state index contributed by atoms with van der Waals surface area (Å²) in [6.07, 6.45) is 5.22. The number of carbonyl (C=O) groups excluding carboxylic acids is 1. The van der Waals surface area contributed by atoms with Gasteiger partial charge in [0.15, 0.2) is 0 Å². The molecule has 2 fully saturated rings. The molecule has 1 saturated heterocycles. The lowest BCUT2D eigenvalue weighted by Crippen LogP contribution is -2.52. The Bertz CT molecular complexity index is 495. The van der Waals surface area contributed by atoms with Gasteiger partial charge in [0, 0.05) is 39.1 Å². The van der Waals surface area contributed by atoms with Gasteiger partial charge in [-0.2, -0.15) is 0 Å². The molecule has 0 bridgehead atoms. The molecule has 120 valence electrons. The molecule has 2 aliphatic rings. The van der Waals surface area contributed by atoms with E-state index in [1.807, 2.05) is 4.90 Å². The zero-order valence-corrected chi connectivity index (χ0v) is 13.9. The summed E-state index contributed by atoms with van der Waals surface area (Å²) in [5.74, 6) is 0.970. The largest absolute Gasteiger partial charge is 0.340 e. The van der Waals surface area contributed by atoms with E-state index >= 15 is 0 Å². The third-order valence-corrected chi connectivity index (χ3v) is 5.52. The molecule has 22 heavy (non-hydrogen) atoms. The van der Waals surface area contributed by atoms with Crippen LogP contribution in [-0.2, 0) is 4.79 Å². The van der Waals surface area contributed by atoms with Crippen LogP contribution in [0.5, 0.6) is 0 Å². The van der Waals surface area contributed by atoms with Crippen LogP contribution < -0.4 is 0 Å². The maximum atomic E-state index is 11.4. The lowest BCUT2D eigenvalue weighted by molar-refractivity contribution is -0.131. The fourth-order valence-electron chi connectivity index (χ4n) is 4.01. The van der Waals surface area contributed by atoms with Gasteiger partial charge in [0.05, 0.1) is 0 Å². The van der Waals surface area contributed by atoms with Gasteiger partial charge in [0.2, 0.25) is 5.91 Å². The molecule has 0 aromatic heterocycles. The molecule has 0 spiro atoms. The van der Waals surface area contributed by atoms with Crippen LogP contribution in [0.1, 0.15) is 49.7 Å². The summed E-state index contributed by atoms with van der Waals surface area (Å²) in [5.41, 5.74) is 2.87. The van der Waals surface area contributed by atoms with Crippen molar-refractivity contribution in [1.82, 2.24) is 9.80 Å². The Morgan fingerprint density at radius 1 is 0.955 bits per heavy atom. The summed E-state index contributed by atoms with van der Waals surface area (Å²) in [5, 5.41) is 0. The number of rotatable bonds is 2. The van der Waals surface area contributed by atoms with E-state index in [0.717, 1.165) is 38.1 Å². The van der Waals surface area contributed by atoms with Crippen LogP contribution in [-0.4, -0.2) is 47.9 Å². The molecule has 0 atom stereocenters. The number of carbonyl (C=O) groups is 1. The average Bonchev–Trinajstić information content (AvgIpc) is 2.56. The highest BCUT2D eigenvalue weighted by Gasteiger charge is 2.29. The zero-order valence-electron chi connectivity index (χ0n) is 13.9. The molecule has 0 N–H and O–H groups in total. The molecule has 1 heterocycles. The quantitative estimate of drug-likeness (QED) is 0.837. The molecule has 3 nitrogen and oxygen atoms in total. The topological polar surface area (TPSA) is 23.6 Å². The van der Waals surface area contributed by atoms with Gasteiger partial charge in [0.25, 0.3) is 0 Å². The Balaban J connectivity index is 1.50. The number of aryl methyl sites for hydroxylation is 1. The molecule has 0 radical (unpaired) electrons. The second-order valence-electron chi connectivity index (χ2n) is 6.96. The smallest absolute Gasteiger partial charge is 0.219 e. The van der Waals surface area contributed by atoms with E-state index in [9.17, 15) is 4.79 Å². The second kappa shape index (κ2) is 6.82. The van der Waals surface area contributed by atoms with Gasteiger partial charge in [-0.05, 0) is 44.1 Å². The standard InChI is InChI=1S/C19H28N2O/c1-15-3-5-17(6-4-15)18-7-9-19(10-8-18)21-13-11-20(12-14-21)16(2)22/h3-6,18-19H,7-14H2,1-2H3/t18-,19-. The highest BCUT2D eigenvalue weighted by molar-refractivity contribution is 5.73. The van der Waals surface area contributed by atoms with Crippen LogP contribution in [0.15, 0.2) is 24.3 Å². The fraction of sp³-hybridized carbons (Fsp3) is 0.632. The lowest BCUT2D eigenvalue weighted by Gasteiger charge is -2.41. The molecule has 3 heteroatoms. The van der Waals surface area contributed by atoms with Crippen LogP contribution >= 0.6 is 0 Å². The van der Waals surface area contributed by atoms with E-state index in [4.69, 9.17) is 0 Å². The molecule has 1 aliphatic carbocycles. The Morgan fingerprint density at radius 3 is 2.09 bits per heavy atom. The molecule has 0 unspecified atom stereocenters. The number of hydrogen-bond acceptors (Lipinski definition) is 2. The number of amides is 1. The predicted octanol–water partition coefficient (Wildman–Crippen LogP) is 3.19. The van der Waals surface area contributed by atoms with Gasteiger partial charge in [-0.25, -0.2) is 0 Å². The lowest BCUT2D eigenvalue weighted by atomic mass is 9.81. The van der Waals surface area contributed by atoms with Crippen molar-refractivity contribution >= 4 is 5.91 Å². The maximum Gasteiger partial charge on any atom is 0.219 e. The Labute approximate surface area is 134 Å². The van der Waals surface area contributed by atoms with Crippen LogP contribution in [0.2, 0.25) is 0 Å². The highest BCUT2D eigenvalue weighted by Crippen LogP contribution is 2.35. The molecule has 3 rings (SSSR count). The van der Waals surface area contributed by atoms with Gasteiger partial charge >= 0.3 is 0 Å². The minimum atomic E-state index is 0.225. The SMILES string of the molecule is CC(=O)N1CCN([C@H]2CC[C@H](c3ccc(C)cc3)CC2)CC1. The monoisotopic (exact) mass is 300 g/mol. The van der Waals surface area contributed by atoms with Gasteiger partial charge in [-0.3, -0.25) is 9.69 Å². The number of hydrogen-bond donors (Lipinski definition) is 0. The normalized spacial score (nSPS) is 26.9. The molecule has 1 aromatic rings. The predicted molar refractivity (Wildman–Crippen MR) is 90.0 cm³/mol. The number of nitrogens with zero attached hydrogens (tertiary/aromatic N) is 2. The average molecular weight is 300 g/mol. The van der Waals surface area contributed by atoms with Crippen molar-refractivity contribution < 1.29 is 4.79 Å².